The van der Waals surface area contributed by atoms with Gasteiger partial charge in [-0.05, 0) is 41.9 Å². The molecule has 0 aliphatic carbocycles. The normalized spacial score (nSPS) is 12.9. The molecule has 3 nitrogen and oxygen atoms in total. The Morgan fingerprint density at radius 3 is 2.75 bits per heavy atom. The van der Waals surface area contributed by atoms with Crippen molar-refractivity contribution in [1.29, 1.82) is 0 Å². The summed E-state index contributed by atoms with van der Waals surface area (Å²) in [6.07, 6.45) is 1.80. The number of nitrogens with zero attached hydrogens (tertiary/aromatic N) is 2. The maximum Gasteiger partial charge on any atom is 0.0705 e. The number of hydrogen-bond donors (Lipinski definition) is 1. The monoisotopic (exact) mass is 373 g/mol. The Hall–Kier alpha value is -0.490. The summed E-state index contributed by atoms with van der Waals surface area (Å²) in [4.78, 5) is 1.05. The number of aromatic nitrogens is 2. The van der Waals surface area contributed by atoms with Crippen LogP contribution in [0.4, 0.5) is 0 Å². The van der Waals surface area contributed by atoms with Crippen molar-refractivity contribution >= 4 is 39.3 Å². The molecule has 0 aliphatic rings. The lowest BCUT2D eigenvalue weighted by Gasteiger charge is -2.17. The molecule has 108 valence electrons. The Morgan fingerprint density at radius 1 is 1.40 bits per heavy atom. The van der Waals surface area contributed by atoms with Crippen LogP contribution in [0.15, 0.2) is 39.8 Å². The van der Waals surface area contributed by atoms with Gasteiger partial charge >= 0.3 is 0 Å². The summed E-state index contributed by atoms with van der Waals surface area (Å²) in [6.45, 7) is 4.19. The van der Waals surface area contributed by atoms with Gasteiger partial charge in [-0.3, -0.25) is 4.68 Å². The lowest BCUT2D eigenvalue weighted by atomic mass is 10.2. The van der Waals surface area contributed by atoms with E-state index in [1.54, 1.807) is 18.0 Å². The van der Waals surface area contributed by atoms with Crippen LogP contribution in [0.5, 0.6) is 0 Å². The molecule has 2 rings (SSSR count). The highest BCUT2D eigenvalue weighted by Gasteiger charge is 2.18. The van der Waals surface area contributed by atoms with Crippen LogP contribution in [0.1, 0.15) is 31.6 Å². The van der Waals surface area contributed by atoms with Crippen molar-refractivity contribution in [2.75, 3.05) is 5.75 Å². The van der Waals surface area contributed by atoms with Gasteiger partial charge in [-0.1, -0.05) is 23.7 Å². The summed E-state index contributed by atoms with van der Waals surface area (Å²) in [5, 5.41) is 5.13. The topological polar surface area (TPSA) is 43.8 Å². The van der Waals surface area contributed by atoms with E-state index in [0.717, 1.165) is 25.8 Å². The molecule has 0 saturated carbocycles. The first-order chi connectivity index (χ1) is 9.50. The average molecular weight is 375 g/mol. The third-order valence-electron chi connectivity index (χ3n) is 2.88. The number of rotatable bonds is 5. The van der Waals surface area contributed by atoms with Crippen molar-refractivity contribution < 1.29 is 0 Å². The average Bonchev–Trinajstić information content (AvgIpc) is 2.79. The summed E-state index contributed by atoms with van der Waals surface area (Å²) in [5.41, 5.74) is 7.35. The summed E-state index contributed by atoms with van der Waals surface area (Å²) < 4.78 is 2.92. The first-order valence-electron chi connectivity index (χ1n) is 6.36. The highest BCUT2D eigenvalue weighted by Crippen LogP contribution is 2.32. The van der Waals surface area contributed by atoms with Crippen LogP contribution in [0.3, 0.4) is 0 Å². The van der Waals surface area contributed by atoms with Gasteiger partial charge in [-0.2, -0.15) is 5.10 Å². The molecule has 2 N–H and O–H groups in total. The van der Waals surface area contributed by atoms with E-state index < -0.39 is 0 Å². The number of nitrogens with two attached hydrogens (primary N) is 1. The van der Waals surface area contributed by atoms with Gasteiger partial charge in [0.15, 0.2) is 0 Å². The second kappa shape index (κ2) is 6.98. The highest BCUT2D eigenvalue weighted by molar-refractivity contribution is 9.10. The van der Waals surface area contributed by atoms with Crippen molar-refractivity contribution in [1.82, 2.24) is 9.78 Å². The zero-order valence-corrected chi connectivity index (χ0v) is 14.5. The van der Waals surface area contributed by atoms with E-state index in [-0.39, 0.29) is 12.1 Å². The Labute approximate surface area is 137 Å². The van der Waals surface area contributed by atoms with E-state index in [0.29, 0.717) is 0 Å². The van der Waals surface area contributed by atoms with Crippen LogP contribution in [0.25, 0.3) is 0 Å². The van der Waals surface area contributed by atoms with Gasteiger partial charge in [0.2, 0.25) is 0 Å². The molecule has 0 bridgehead atoms. The van der Waals surface area contributed by atoms with Gasteiger partial charge in [0.05, 0.1) is 27.4 Å². The van der Waals surface area contributed by atoms with Crippen LogP contribution in [0.2, 0.25) is 5.02 Å². The molecule has 1 aromatic heterocycles. The highest BCUT2D eigenvalue weighted by atomic mass is 79.9. The van der Waals surface area contributed by atoms with E-state index in [1.807, 2.05) is 28.9 Å². The summed E-state index contributed by atoms with van der Waals surface area (Å²) in [6, 6.07) is 7.99. The van der Waals surface area contributed by atoms with Gasteiger partial charge in [-0.25, -0.2) is 0 Å². The van der Waals surface area contributed by atoms with Crippen LogP contribution in [-0.4, -0.2) is 15.5 Å². The fraction of sp³-hybridized carbons (Fsp3) is 0.357. The zero-order valence-electron chi connectivity index (χ0n) is 11.4. The fourth-order valence-corrected chi connectivity index (χ4v) is 3.69. The lowest BCUT2D eigenvalue weighted by molar-refractivity contribution is 0.494. The number of benzene rings is 1. The van der Waals surface area contributed by atoms with E-state index in [2.05, 4.69) is 34.9 Å². The minimum atomic E-state index is -0.101. The minimum Gasteiger partial charge on any atom is -0.322 e. The van der Waals surface area contributed by atoms with E-state index >= 15 is 0 Å². The molecule has 0 amide bonds. The third kappa shape index (κ3) is 3.58. The summed E-state index contributed by atoms with van der Waals surface area (Å²) in [5.74, 6) is 0.751. The molecule has 6 heteroatoms. The predicted molar refractivity (Wildman–Crippen MR) is 89.4 cm³/mol. The molecule has 20 heavy (non-hydrogen) atoms. The smallest absolute Gasteiger partial charge is 0.0705 e. The van der Waals surface area contributed by atoms with Crippen LogP contribution < -0.4 is 5.73 Å². The molecule has 1 heterocycles. The van der Waals surface area contributed by atoms with Crippen LogP contribution in [0, 0.1) is 0 Å². The van der Waals surface area contributed by atoms with Crippen molar-refractivity contribution in [3.8, 4) is 0 Å². The molecule has 1 aromatic carbocycles. The molecule has 1 atom stereocenters. The van der Waals surface area contributed by atoms with Crippen molar-refractivity contribution in [2.45, 2.75) is 30.8 Å². The Bertz CT molecular complexity index is 586. The van der Waals surface area contributed by atoms with E-state index in [9.17, 15) is 0 Å². The maximum absolute atomic E-state index is 6.32. The van der Waals surface area contributed by atoms with E-state index in [4.69, 9.17) is 17.3 Å². The third-order valence-corrected chi connectivity index (χ3v) is 5.13. The molecular weight excluding hydrogens is 358 g/mol. The molecule has 2 aromatic rings. The minimum absolute atomic E-state index is 0.101. The molecule has 0 aliphatic heterocycles. The SMILES string of the molecule is CC(C)n1ncc(Br)c1C(N)CSc1ccccc1Cl. The predicted octanol–water partition coefficient (Wildman–Crippen LogP) is 4.67. The lowest BCUT2D eigenvalue weighted by Crippen LogP contribution is -2.20. The van der Waals surface area contributed by atoms with Crippen molar-refractivity contribution in [3.05, 3.63) is 45.7 Å². The molecule has 1 unspecified atom stereocenters. The van der Waals surface area contributed by atoms with E-state index in [1.165, 1.54) is 0 Å². The van der Waals surface area contributed by atoms with Gasteiger partial charge < -0.3 is 5.73 Å². The number of thioether (sulfide) groups is 1. The van der Waals surface area contributed by atoms with Crippen LogP contribution in [-0.2, 0) is 0 Å². The largest absolute Gasteiger partial charge is 0.322 e. The fourth-order valence-electron chi connectivity index (χ4n) is 1.93. The van der Waals surface area contributed by atoms with Gasteiger partial charge in [0, 0.05) is 16.7 Å². The quantitative estimate of drug-likeness (QED) is 0.773. The van der Waals surface area contributed by atoms with Crippen LogP contribution >= 0.6 is 39.3 Å². The zero-order chi connectivity index (χ0) is 14.7. The Balaban J connectivity index is 2.11. The Morgan fingerprint density at radius 2 is 2.10 bits per heavy atom. The molecular formula is C14H17BrClN3S. The maximum atomic E-state index is 6.32. The number of halogens is 2. The summed E-state index contributed by atoms with van der Waals surface area (Å²) in [7, 11) is 0. The molecule has 0 fully saturated rings. The second-order valence-corrected chi connectivity index (χ2v) is 7.09. The molecule has 0 spiro atoms. The molecule has 0 radical (unpaired) electrons. The standard InChI is InChI=1S/C14H17BrClN3S/c1-9(2)19-14(10(15)7-18-19)12(17)8-20-13-6-4-3-5-11(13)16/h3-7,9,12H,8,17H2,1-2H3. The van der Waals surface area contributed by atoms with Gasteiger partial charge in [0.25, 0.3) is 0 Å². The van der Waals surface area contributed by atoms with Gasteiger partial charge in [0.1, 0.15) is 0 Å². The first-order valence-corrected chi connectivity index (χ1v) is 8.52. The number of hydrogen-bond acceptors (Lipinski definition) is 3. The summed E-state index contributed by atoms with van der Waals surface area (Å²) >= 11 is 11.3. The van der Waals surface area contributed by atoms with Crippen molar-refractivity contribution in [3.63, 3.8) is 0 Å². The second-order valence-electron chi connectivity index (χ2n) is 4.76. The van der Waals surface area contributed by atoms with Crippen molar-refractivity contribution in [2.24, 2.45) is 5.73 Å². The Kier molecular flexibility index (Phi) is 5.55. The van der Waals surface area contributed by atoms with Gasteiger partial charge in [-0.15, -0.1) is 11.8 Å². The first kappa shape index (κ1) is 15.9. The molecule has 0 saturated heterocycles.